The summed E-state index contributed by atoms with van der Waals surface area (Å²) in [7, 11) is 2.16. The van der Waals surface area contributed by atoms with Crippen molar-refractivity contribution in [3.63, 3.8) is 0 Å². The lowest BCUT2D eigenvalue weighted by atomic mass is 9.86. The fraction of sp³-hybridized carbons (Fsp3) is 0.350. The monoisotopic (exact) mass is 348 g/mol. The number of fused-ring (bicyclic) bond motifs is 2. The van der Waals surface area contributed by atoms with E-state index in [0.717, 1.165) is 55.3 Å². The number of likely N-dealkylation sites (N-methyl/N-ethyl adjacent to an activating group) is 1. The van der Waals surface area contributed by atoms with Crippen LogP contribution in [0.5, 0.6) is 5.75 Å². The highest BCUT2D eigenvalue weighted by Gasteiger charge is 2.37. The highest BCUT2D eigenvalue weighted by molar-refractivity contribution is 5.94. The molecule has 3 aliphatic heterocycles. The van der Waals surface area contributed by atoms with Crippen LogP contribution in [0.1, 0.15) is 11.1 Å². The van der Waals surface area contributed by atoms with E-state index in [2.05, 4.69) is 39.2 Å². The third kappa shape index (κ3) is 2.53. The average Bonchev–Trinajstić information content (AvgIpc) is 2.66. The molecule has 5 rings (SSSR count). The number of ether oxygens (including phenoxy) is 1. The highest BCUT2D eigenvalue weighted by Crippen LogP contribution is 2.45. The second kappa shape index (κ2) is 6.00. The van der Waals surface area contributed by atoms with Crippen LogP contribution in [0.25, 0.3) is 5.70 Å². The van der Waals surface area contributed by atoms with Crippen LogP contribution < -0.4 is 4.74 Å². The summed E-state index contributed by atoms with van der Waals surface area (Å²) in [4.78, 5) is 16.9. The maximum atomic E-state index is 12.1. The van der Waals surface area contributed by atoms with Gasteiger partial charge in [-0.2, -0.15) is 0 Å². The van der Waals surface area contributed by atoms with Crippen molar-refractivity contribution in [3.05, 3.63) is 58.9 Å². The Hall–Kier alpha value is -2.57. The number of nitrogens with zero attached hydrogens (tertiary/aromatic N) is 4. The summed E-state index contributed by atoms with van der Waals surface area (Å²) < 4.78 is 6.06. The predicted octanol–water partition coefficient (Wildman–Crippen LogP) is 2.60. The number of hydrogen-bond acceptors (Lipinski definition) is 5. The molecule has 1 unspecified atom stereocenters. The summed E-state index contributed by atoms with van der Waals surface area (Å²) in [5, 5.41) is 8.10. The molecule has 132 valence electrons. The number of azo groups is 1. The van der Waals surface area contributed by atoms with Crippen molar-refractivity contribution in [2.24, 2.45) is 16.1 Å². The molecule has 0 spiro atoms. The van der Waals surface area contributed by atoms with Gasteiger partial charge in [0.2, 0.25) is 0 Å². The molecule has 1 aliphatic carbocycles. The minimum Gasteiger partial charge on any atom is -0.456 e. The molecular weight excluding hydrogens is 328 g/mol. The summed E-state index contributed by atoms with van der Waals surface area (Å²) in [6.45, 7) is 5.26. The van der Waals surface area contributed by atoms with E-state index in [1.807, 2.05) is 24.3 Å². The Morgan fingerprint density at radius 2 is 2.04 bits per heavy atom. The maximum Gasteiger partial charge on any atom is 0.276 e. The molecule has 1 fully saturated rings. The first-order valence-corrected chi connectivity index (χ1v) is 9.00. The van der Waals surface area contributed by atoms with Gasteiger partial charge < -0.3 is 9.64 Å². The molecule has 1 saturated heterocycles. The molecule has 3 heterocycles. The topological polar surface area (TPSA) is 57.5 Å². The first-order valence-electron chi connectivity index (χ1n) is 9.00. The summed E-state index contributed by atoms with van der Waals surface area (Å²) >= 11 is 0. The summed E-state index contributed by atoms with van der Waals surface area (Å²) in [6, 6.07) is 6.26. The van der Waals surface area contributed by atoms with E-state index >= 15 is 0 Å². The van der Waals surface area contributed by atoms with E-state index < -0.39 is 0 Å². The molecule has 0 radical (unpaired) electrons. The van der Waals surface area contributed by atoms with Crippen LogP contribution in [-0.4, -0.2) is 48.9 Å². The molecule has 0 aromatic heterocycles. The SMILES string of the molecule is CN1CCN(Cc2ccc3c(c2)C2=C4C(=CC=CC4C(=O)N=N2)O3)CC1. The van der Waals surface area contributed by atoms with Gasteiger partial charge in [-0.3, -0.25) is 9.69 Å². The standard InChI is InChI=1S/C20H20N4O2/c1-23-7-9-24(10-8-23)12-13-5-6-16-15(11-13)19-18-14(20(25)22-21-19)3-2-4-17(18)26-16/h2-6,11,14H,7-10,12H2,1H3. The third-order valence-electron chi connectivity index (χ3n) is 5.42. The zero-order valence-corrected chi connectivity index (χ0v) is 14.7. The molecule has 4 aliphatic rings. The number of amides is 1. The lowest BCUT2D eigenvalue weighted by molar-refractivity contribution is -0.120. The number of rotatable bonds is 2. The quantitative estimate of drug-likeness (QED) is 0.824. The third-order valence-corrected chi connectivity index (χ3v) is 5.42. The van der Waals surface area contributed by atoms with Crippen molar-refractivity contribution in [1.82, 2.24) is 9.80 Å². The molecule has 1 amide bonds. The molecule has 0 saturated carbocycles. The van der Waals surface area contributed by atoms with Gasteiger partial charge >= 0.3 is 0 Å². The fourth-order valence-corrected chi connectivity index (χ4v) is 3.90. The van der Waals surface area contributed by atoms with E-state index in [1.165, 1.54) is 5.56 Å². The van der Waals surface area contributed by atoms with Crippen LogP contribution in [0.3, 0.4) is 0 Å². The molecule has 0 N–H and O–H groups in total. The van der Waals surface area contributed by atoms with Gasteiger partial charge in [0, 0.05) is 43.9 Å². The fourth-order valence-electron chi connectivity index (χ4n) is 3.90. The van der Waals surface area contributed by atoms with Crippen LogP contribution in [0, 0.1) is 5.92 Å². The molecule has 1 atom stereocenters. The molecule has 1 aromatic carbocycles. The average molecular weight is 348 g/mol. The molecule has 6 nitrogen and oxygen atoms in total. The smallest absolute Gasteiger partial charge is 0.276 e. The van der Waals surface area contributed by atoms with Gasteiger partial charge in [-0.15, -0.1) is 10.2 Å². The largest absolute Gasteiger partial charge is 0.456 e. The number of allylic oxidation sites excluding steroid dienone is 3. The molecule has 6 heteroatoms. The second-order valence-electron chi connectivity index (χ2n) is 7.21. The summed E-state index contributed by atoms with van der Waals surface area (Å²) in [6.07, 6.45) is 5.61. The van der Waals surface area contributed by atoms with Crippen molar-refractivity contribution in [2.75, 3.05) is 33.2 Å². The van der Waals surface area contributed by atoms with Gasteiger partial charge in [0.05, 0.1) is 5.92 Å². The first kappa shape index (κ1) is 15.7. The van der Waals surface area contributed by atoms with Gasteiger partial charge in [0.25, 0.3) is 5.91 Å². The number of piperazine rings is 1. The Bertz CT molecular complexity index is 904. The van der Waals surface area contributed by atoms with Crippen LogP contribution in [0.15, 0.2) is 58.0 Å². The lowest BCUT2D eigenvalue weighted by Gasteiger charge is -2.33. The normalized spacial score (nSPS) is 24.9. The van der Waals surface area contributed by atoms with Crippen molar-refractivity contribution >= 4 is 11.6 Å². The summed E-state index contributed by atoms with van der Waals surface area (Å²) in [5.74, 6) is 0.876. The highest BCUT2D eigenvalue weighted by atomic mass is 16.5. The lowest BCUT2D eigenvalue weighted by Crippen LogP contribution is -2.43. The van der Waals surface area contributed by atoms with Crippen LogP contribution in [0.2, 0.25) is 0 Å². The number of carbonyl (C=O) groups is 1. The Balaban J connectivity index is 1.49. The van der Waals surface area contributed by atoms with Crippen LogP contribution in [-0.2, 0) is 11.3 Å². The van der Waals surface area contributed by atoms with Crippen molar-refractivity contribution < 1.29 is 9.53 Å². The Morgan fingerprint density at radius 1 is 1.19 bits per heavy atom. The van der Waals surface area contributed by atoms with Crippen LogP contribution in [0.4, 0.5) is 0 Å². The Kier molecular flexibility index (Phi) is 3.62. The van der Waals surface area contributed by atoms with E-state index in [0.29, 0.717) is 5.76 Å². The van der Waals surface area contributed by atoms with Crippen molar-refractivity contribution in [1.29, 1.82) is 0 Å². The minimum absolute atomic E-state index is 0.230. The maximum absolute atomic E-state index is 12.1. The second-order valence-corrected chi connectivity index (χ2v) is 7.21. The van der Waals surface area contributed by atoms with Crippen LogP contribution >= 0.6 is 0 Å². The van der Waals surface area contributed by atoms with E-state index in [-0.39, 0.29) is 11.8 Å². The van der Waals surface area contributed by atoms with Crippen molar-refractivity contribution in [2.45, 2.75) is 6.54 Å². The van der Waals surface area contributed by atoms with E-state index in [9.17, 15) is 4.79 Å². The van der Waals surface area contributed by atoms with Crippen molar-refractivity contribution in [3.8, 4) is 5.75 Å². The van der Waals surface area contributed by atoms with Gasteiger partial charge in [-0.1, -0.05) is 18.2 Å². The Labute approximate surface area is 152 Å². The van der Waals surface area contributed by atoms with Gasteiger partial charge in [0.15, 0.2) is 0 Å². The van der Waals surface area contributed by atoms with Gasteiger partial charge in [-0.05, 0) is 30.8 Å². The zero-order chi connectivity index (χ0) is 17.7. The van der Waals surface area contributed by atoms with E-state index in [4.69, 9.17) is 4.74 Å². The zero-order valence-electron chi connectivity index (χ0n) is 14.7. The minimum atomic E-state index is -0.378. The predicted molar refractivity (Wildman–Crippen MR) is 97.3 cm³/mol. The molecule has 26 heavy (non-hydrogen) atoms. The molecule has 0 bridgehead atoms. The first-order chi connectivity index (χ1) is 12.7. The number of carbonyl (C=O) groups excluding carboxylic acids is 1. The number of hydrogen-bond donors (Lipinski definition) is 0. The molecule has 1 aromatic rings. The van der Waals surface area contributed by atoms with Gasteiger partial charge in [0.1, 0.15) is 17.2 Å². The van der Waals surface area contributed by atoms with E-state index in [1.54, 1.807) is 0 Å². The molecular formula is C20H20N4O2. The Morgan fingerprint density at radius 3 is 2.88 bits per heavy atom. The summed E-state index contributed by atoms with van der Waals surface area (Å²) in [5.41, 5.74) is 3.77. The van der Waals surface area contributed by atoms with Gasteiger partial charge in [-0.25, -0.2) is 0 Å². The number of benzene rings is 1.